The van der Waals surface area contributed by atoms with Gasteiger partial charge in [-0.15, -0.1) is 0 Å². The molecule has 4 heteroatoms. The van der Waals surface area contributed by atoms with E-state index in [2.05, 4.69) is 0 Å². The number of carbonyl (C=O) groups is 1. The van der Waals surface area contributed by atoms with Crippen molar-refractivity contribution in [1.82, 2.24) is 4.90 Å². The minimum atomic E-state index is 0.0176. The Morgan fingerprint density at radius 1 is 1.53 bits per heavy atom. The fourth-order valence-corrected chi connectivity index (χ4v) is 2.39. The molecule has 0 radical (unpaired) electrons. The topological polar surface area (TPSA) is 40.5 Å². The summed E-state index contributed by atoms with van der Waals surface area (Å²) < 4.78 is 0. The summed E-state index contributed by atoms with van der Waals surface area (Å²) in [5, 5.41) is 9.30. The van der Waals surface area contributed by atoms with Crippen LogP contribution >= 0.6 is 11.8 Å². The van der Waals surface area contributed by atoms with Gasteiger partial charge in [0.2, 0.25) is 5.91 Å². The Kier molecular flexibility index (Phi) is 4.93. The van der Waals surface area contributed by atoms with Crippen LogP contribution < -0.4 is 0 Å². The van der Waals surface area contributed by atoms with E-state index in [9.17, 15) is 9.90 Å². The van der Waals surface area contributed by atoms with Gasteiger partial charge in [0.1, 0.15) is 0 Å². The lowest BCUT2D eigenvalue weighted by Gasteiger charge is -2.42. The van der Waals surface area contributed by atoms with Gasteiger partial charge in [0.05, 0.1) is 6.61 Å². The Hall–Kier alpha value is -0.220. The van der Waals surface area contributed by atoms with Crippen LogP contribution in [-0.4, -0.2) is 48.1 Å². The van der Waals surface area contributed by atoms with E-state index in [0.717, 1.165) is 25.1 Å². The van der Waals surface area contributed by atoms with Crippen LogP contribution in [0.4, 0.5) is 0 Å². The second kappa shape index (κ2) is 5.75. The maximum atomic E-state index is 11.7. The molecule has 0 atom stereocenters. The highest BCUT2D eigenvalue weighted by atomic mass is 32.2. The van der Waals surface area contributed by atoms with E-state index < -0.39 is 0 Å². The molecule has 0 unspecified atom stereocenters. The zero-order chi connectivity index (χ0) is 11.3. The third-order valence-electron chi connectivity index (χ3n) is 3.27. The molecule has 1 saturated carbocycles. The van der Waals surface area contributed by atoms with Crippen LogP contribution in [0.2, 0.25) is 0 Å². The van der Waals surface area contributed by atoms with Crippen molar-refractivity contribution in [3.63, 3.8) is 0 Å². The first-order valence-corrected chi connectivity index (χ1v) is 6.87. The number of hydrogen-bond donors (Lipinski definition) is 1. The second-order valence-corrected chi connectivity index (χ2v) is 5.49. The van der Waals surface area contributed by atoms with Crippen LogP contribution in [0.25, 0.3) is 0 Å². The van der Waals surface area contributed by atoms with E-state index >= 15 is 0 Å². The molecule has 1 aliphatic carbocycles. The number of aliphatic hydroxyl groups excluding tert-OH is 1. The molecule has 3 nitrogen and oxygen atoms in total. The smallest absolute Gasteiger partial charge is 0.223 e. The van der Waals surface area contributed by atoms with E-state index in [1.165, 1.54) is 6.42 Å². The molecule has 88 valence electrons. The van der Waals surface area contributed by atoms with E-state index in [4.69, 9.17) is 0 Å². The van der Waals surface area contributed by atoms with Gasteiger partial charge in [-0.2, -0.15) is 11.8 Å². The van der Waals surface area contributed by atoms with E-state index in [0.29, 0.717) is 6.42 Å². The quantitative estimate of drug-likeness (QED) is 0.750. The predicted octanol–water partition coefficient (Wildman–Crippen LogP) is 1.36. The Bertz CT molecular complexity index is 211. The summed E-state index contributed by atoms with van der Waals surface area (Å²) >= 11 is 1.69. The molecule has 0 aromatic heterocycles. The molecule has 0 bridgehead atoms. The fourth-order valence-electron chi connectivity index (χ4n) is 2.01. The lowest BCUT2D eigenvalue weighted by atomic mass is 9.69. The molecule has 1 fully saturated rings. The highest BCUT2D eigenvalue weighted by Gasteiger charge is 2.37. The first-order chi connectivity index (χ1) is 7.13. The first-order valence-electron chi connectivity index (χ1n) is 5.47. The van der Waals surface area contributed by atoms with Gasteiger partial charge in [0.15, 0.2) is 0 Å². The van der Waals surface area contributed by atoms with Gasteiger partial charge in [-0.25, -0.2) is 0 Å². The number of carbonyl (C=O) groups excluding carboxylic acids is 1. The van der Waals surface area contributed by atoms with Gasteiger partial charge in [0.25, 0.3) is 0 Å². The summed E-state index contributed by atoms with van der Waals surface area (Å²) in [5.41, 5.74) is 0.0176. The third-order valence-corrected chi connectivity index (χ3v) is 3.88. The lowest BCUT2D eigenvalue weighted by molar-refractivity contribution is -0.132. The van der Waals surface area contributed by atoms with Crippen LogP contribution in [0.3, 0.4) is 0 Å². The molecule has 0 aliphatic heterocycles. The van der Waals surface area contributed by atoms with Crippen molar-refractivity contribution in [3.05, 3.63) is 0 Å². The second-order valence-electron chi connectivity index (χ2n) is 4.50. The molecule has 0 saturated heterocycles. The van der Waals surface area contributed by atoms with Gasteiger partial charge in [-0.05, 0) is 19.1 Å². The zero-order valence-corrected chi connectivity index (χ0v) is 10.5. The normalized spacial score (nSPS) is 18.3. The third kappa shape index (κ3) is 3.38. The van der Waals surface area contributed by atoms with E-state index in [1.807, 2.05) is 13.3 Å². The average Bonchev–Trinajstić information content (AvgIpc) is 2.19. The Morgan fingerprint density at radius 2 is 2.20 bits per heavy atom. The van der Waals surface area contributed by atoms with Crippen LogP contribution in [0.15, 0.2) is 0 Å². The highest BCUT2D eigenvalue weighted by Crippen LogP contribution is 2.40. The standard InChI is InChI=1S/C11H21NO2S/c1-12(10(14)4-7-15-2)8-11(9-13)5-3-6-11/h13H,3-9H2,1-2H3. The molecule has 0 aromatic carbocycles. The van der Waals surface area contributed by atoms with Crippen molar-refractivity contribution >= 4 is 17.7 Å². The van der Waals surface area contributed by atoms with Crippen LogP contribution in [-0.2, 0) is 4.79 Å². The largest absolute Gasteiger partial charge is 0.396 e. The summed E-state index contributed by atoms with van der Waals surface area (Å²) in [7, 11) is 1.85. The van der Waals surface area contributed by atoms with E-state index in [-0.39, 0.29) is 17.9 Å². The van der Waals surface area contributed by atoms with Crippen molar-refractivity contribution in [1.29, 1.82) is 0 Å². The SMILES string of the molecule is CSCCC(=O)N(C)CC1(CO)CCC1. The fraction of sp³-hybridized carbons (Fsp3) is 0.909. The van der Waals surface area contributed by atoms with Gasteiger partial charge < -0.3 is 10.0 Å². The molecule has 1 rings (SSSR count). The van der Waals surface area contributed by atoms with Crippen LogP contribution in [0.5, 0.6) is 0 Å². The maximum absolute atomic E-state index is 11.7. The molecule has 1 amide bonds. The zero-order valence-electron chi connectivity index (χ0n) is 9.66. The number of nitrogens with zero attached hydrogens (tertiary/aromatic N) is 1. The predicted molar refractivity (Wildman–Crippen MR) is 64.0 cm³/mol. The Balaban J connectivity index is 2.33. The number of aliphatic hydroxyl groups is 1. The van der Waals surface area contributed by atoms with Crippen molar-refractivity contribution in [2.75, 3.05) is 32.2 Å². The minimum absolute atomic E-state index is 0.0176. The molecule has 0 spiro atoms. The van der Waals surface area contributed by atoms with Gasteiger partial charge >= 0.3 is 0 Å². The summed E-state index contributed by atoms with van der Waals surface area (Å²) in [6.07, 6.45) is 5.92. The van der Waals surface area contributed by atoms with Crippen LogP contribution in [0, 0.1) is 5.41 Å². The van der Waals surface area contributed by atoms with Crippen molar-refractivity contribution in [2.24, 2.45) is 5.41 Å². The molecular formula is C11H21NO2S. The van der Waals surface area contributed by atoms with Crippen molar-refractivity contribution < 1.29 is 9.90 Å². The monoisotopic (exact) mass is 231 g/mol. The number of hydrogen-bond acceptors (Lipinski definition) is 3. The molecular weight excluding hydrogens is 210 g/mol. The first kappa shape index (κ1) is 12.8. The highest BCUT2D eigenvalue weighted by molar-refractivity contribution is 7.98. The maximum Gasteiger partial charge on any atom is 0.223 e. The summed E-state index contributed by atoms with van der Waals surface area (Å²) in [4.78, 5) is 13.4. The average molecular weight is 231 g/mol. The van der Waals surface area contributed by atoms with E-state index in [1.54, 1.807) is 16.7 Å². The number of thioether (sulfide) groups is 1. The van der Waals surface area contributed by atoms with Crippen molar-refractivity contribution in [2.45, 2.75) is 25.7 Å². The molecule has 0 heterocycles. The van der Waals surface area contributed by atoms with Crippen LogP contribution in [0.1, 0.15) is 25.7 Å². The lowest BCUT2D eigenvalue weighted by Crippen LogP contribution is -2.45. The Labute approximate surface area is 96.2 Å². The minimum Gasteiger partial charge on any atom is -0.396 e. The van der Waals surface area contributed by atoms with Crippen molar-refractivity contribution in [3.8, 4) is 0 Å². The van der Waals surface area contributed by atoms with Gasteiger partial charge in [-0.1, -0.05) is 6.42 Å². The molecule has 15 heavy (non-hydrogen) atoms. The summed E-state index contributed by atoms with van der Waals surface area (Å²) in [6.45, 7) is 0.934. The Morgan fingerprint density at radius 3 is 2.60 bits per heavy atom. The molecule has 1 aliphatic rings. The van der Waals surface area contributed by atoms with Gasteiger partial charge in [0, 0.05) is 31.2 Å². The number of rotatable bonds is 6. The summed E-state index contributed by atoms with van der Waals surface area (Å²) in [6, 6.07) is 0. The molecule has 0 aromatic rings. The number of amides is 1. The summed E-state index contributed by atoms with van der Waals surface area (Å²) in [5.74, 6) is 1.08. The van der Waals surface area contributed by atoms with Gasteiger partial charge in [-0.3, -0.25) is 4.79 Å². The molecule has 1 N–H and O–H groups in total.